The summed E-state index contributed by atoms with van der Waals surface area (Å²) in [5.41, 5.74) is 2.36. The molecule has 1 aliphatic rings. The first-order chi connectivity index (χ1) is 11.8. The highest BCUT2D eigenvalue weighted by molar-refractivity contribution is 5.48. The van der Waals surface area contributed by atoms with Gasteiger partial charge in [-0.3, -0.25) is 0 Å². The second-order valence-corrected chi connectivity index (χ2v) is 6.00. The van der Waals surface area contributed by atoms with Crippen molar-refractivity contribution in [2.75, 3.05) is 32.2 Å². The Hall–Kier alpha value is -2.20. The van der Waals surface area contributed by atoms with Crippen LogP contribution in [0.4, 0.5) is 5.69 Å². The molecule has 1 N–H and O–H groups in total. The van der Waals surface area contributed by atoms with Crippen molar-refractivity contribution in [1.29, 1.82) is 0 Å². The van der Waals surface area contributed by atoms with E-state index in [4.69, 9.17) is 14.2 Å². The van der Waals surface area contributed by atoms with Crippen LogP contribution in [0.1, 0.15) is 18.4 Å². The fraction of sp³-hybridized carbons (Fsp3) is 0.400. The Morgan fingerprint density at radius 1 is 1.12 bits per heavy atom. The summed E-state index contributed by atoms with van der Waals surface area (Å²) in [5.74, 6) is 1.78. The molecule has 1 fully saturated rings. The van der Waals surface area contributed by atoms with Crippen LogP contribution < -0.4 is 14.8 Å². The number of nitrogens with one attached hydrogen (secondary N) is 1. The Morgan fingerprint density at radius 2 is 2.00 bits per heavy atom. The maximum atomic E-state index is 5.84. The molecule has 0 radical (unpaired) electrons. The van der Waals surface area contributed by atoms with Crippen LogP contribution in [0, 0.1) is 0 Å². The maximum absolute atomic E-state index is 5.84. The van der Waals surface area contributed by atoms with Gasteiger partial charge in [-0.05, 0) is 49.1 Å². The van der Waals surface area contributed by atoms with E-state index in [1.54, 1.807) is 7.11 Å². The molecule has 2 aromatic rings. The lowest BCUT2D eigenvalue weighted by atomic mass is 10.1. The number of hydrogen-bond acceptors (Lipinski definition) is 4. The Balaban J connectivity index is 1.45. The normalized spacial score (nSPS) is 16.8. The van der Waals surface area contributed by atoms with Crippen molar-refractivity contribution in [2.24, 2.45) is 0 Å². The zero-order valence-corrected chi connectivity index (χ0v) is 14.2. The van der Waals surface area contributed by atoms with Crippen LogP contribution in [0.3, 0.4) is 0 Å². The number of methoxy groups -OCH3 is 1. The molecular weight excluding hydrogens is 302 g/mol. The first-order valence-electron chi connectivity index (χ1n) is 8.55. The third kappa shape index (κ3) is 4.90. The van der Waals surface area contributed by atoms with E-state index >= 15 is 0 Å². The summed E-state index contributed by atoms with van der Waals surface area (Å²) in [6.07, 6.45) is 3.45. The summed E-state index contributed by atoms with van der Waals surface area (Å²) in [7, 11) is 1.68. The topological polar surface area (TPSA) is 39.7 Å². The summed E-state index contributed by atoms with van der Waals surface area (Å²) < 4.78 is 16.6. The monoisotopic (exact) mass is 327 g/mol. The van der Waals surface area contributed by atoms with E-state index in [0.717, 1.165) is 49.6 Å². The molecule has 4 nitrogen and oxygen atoms in total. The molecule has 1 atom stereocenters. The van der Waals surface area contributed by atoms with E-state index < -0.39 is 0 Å². The molecular formula is C20H25NO3. The highest BCUT2D eigenvalue weighted by Gasteiger charge is 2.15. The molecule has 24 heavy (non-hydrogen) atoms. The van der Waals surface area contributed by atoms with Crippen molar-refractivity contribution in [2.45, 2.75) is 25.4 Å². The van der Waals surface area contributed by atoms with E-state index in [0.29, 0.717) is 6.61 Å². The minimum atomic E-state index is 0.247. The molecule has 1 aliphatic heterocycles. The molecule has 0 saturated carbocycles. The zero-order chi connectivity index (χ0) is 16.6. The van der Waals surface area contributed by atoms with Gasteiger partial charge in [0.25, 0.3) is 0 Å². The number of ether oxygens (including phenoxy) is 3. The first-order valence-corrected chi connectivity index (χ1v) is 8.55. The summed E-state index contributed by atoms with van der Waals surface area (Å²) in [4.78, 5) is 0. The lowest BCUT2D eigenvalue weighted by Crippen LogP contribution is -2.16. The lowest BCUT2D eigenvalue weighted by Gasteiger charge is -2.13. The molecule has 1 unspecified atom stereocenters. The van der Waals surface area contributed by atoms with Gasteiger partial charge >= 0.3 is 0 Å². The fourth-order valence-electron chi connectivity index (χ4n) is 2.80. The molecule has 128 valence electrons. The lowest BCUT2D eigenvalue weighted by molar-refractivity contribution is 0.0680. The number of anilines is 1. The minimum absolute atomic E-state index is 0.247. The maximum Gasteiger partial charge on any atom is 0.121 e. The second kappa shape index (κ2) is 8.60. The summed E-state index contributed by atoms with van der Waals surface area (Å²) in [6.45, 7) is 2.37. The van der Waals surface area contributed by atoms with Crippen molar-refractivity contribution >= 4 is 5.69 Å². The van der Waals surface area contributed by atoms with Gasteiger partial charge in [-0.2, -0.15) is 0 Å². The summed E-state index contributed by atoms with van der Waals surface area (Å²) in [5, 5.41) is 3.45. The van der Waals surface area contributed by atoms with E-state index in [1.165, 1.54) is 5.56 Å². The van der Waals surface area contributed by atoms with Gasteiger partial charge in [0.05, 0.1) is 13.2 Å². The van der Waals surface area contributed by atoms with Crippen LogP contribution in [0.2, 0.25) is 0 Å². The van der Waals surface area contributed by atoms with Crippen molar-refractivity contribution in [3.05, 3.63) is 54.1 Å². The standard InChI is InChI=1S/C20H25NO3/c1-22-18-9-7-16(8-10-18)11-12-21-17-4-2-5-19(14-17)24-15-20-6-3-13-23-20/h2,4-5,7-10,14,20-21H,3,6,11-13,15H2,1H3. The van der Waals surface area contributed by atoms with Crippen LogP contribution in [-0.4, -0.2) is 33.0 Å². The van der Waals surface area contributed by atoms with Crippen molar-refractivity contribution in [3.63, 3.8) is 0 Å². The minimum Gasteiger partial charge on any atom is -0.497 e. The van der Waals surface area contributed by atoms with Crippen LogP contribution in [0.15, 0.2) is 48.5 Å². The Bertz CT molecular complexity index is 621. The van der Waals surface area contributed by atoms with Gasteiger partial charge in [0, 0.05) is 24.9 Å². The smallest absolute Gasteiger partial charge is 0.121 e. The van der Waals surface area contributed by atoms with Crippen LogP contribution in [0.25, 0.3) is 0 Å². The van der Waals surface area contributed by atoms with Gasteiger partial charge in [-0.1, -0.05) is 18.2 Å². The van der Waals surface area contributed by atoms with Gasteiger partial charge < -0.3 is 19.5 Å². The average Bonchev–Trinajstić information content (AvgIpc) is 3.15. The van der Waals surface area contributed by atoms with E-state index in [2.05, 4.69) is 23.5 Å². The highest BCUT2D eigenvalue weighted by Crippen LogP contribution is 2.20. The number of hydrogen-bond donors (Lipinski definition) is 1. The van der Waals surface area contributed by atoms with Crippen molar-refractivity contribution < 1.29 is 14.2 Å². The van der Waals surface area contributed by atoms with Crippen molar-refractivity contribution in [1.82, 2.24) is 0 Å². The molecule has 0 amide bonds. The molecule has 0 aromatic heterocycles. The van der Waals surface area contributed by atoms with Crippen molar-refractivity contribution in [3.8, 4) is 11.5 Å². The van der Waals surface area contributed by atoms with Crippen LogP contribution in [0.5, 0.6) is 11.5 Å². The Morgan fingerprint density at radius 3 is 2.75 bits per heavy atom. The molecule has 1 saturated heterocycles. The molecule has 1 heterocycles. The molecule has 0 bridgehead atoms. The van der Waals surface area contributed by atoms with E-state index in [1.807, 2.05) is 30.3 Å². The van der Waals surface area contributed by atoms with Crippen LogP contribution >= 0.6 is 0 Å². The highest BCUT2D eigenvalue weighted by atomic mass is 16.5. The van der Waals surface area contributed by atoms with Crippen LogP contribution in [-0.2, 0) is 11.2 Å². The molecule has 0 spiro atoms. The molecule has 2 aromatic carbocycles. The third-order valence-electron chi connectivity index (χ3n) is 4.20. The predicted octanol–water partition coefficient (Wildman–Crippen LogP) is 3.91. The average molecular weight is 327 g/mol. The largest absolute Gasteiger partial charge is 0.497 e. The number of benzene rings is 2. The van der Waals surface area contributed by atoms with Gasteiger partial charge in [0.2, 0.25) is 0 Å². The van der Waals surface area contributed by atoms with E-state index in [9.17, 15) is 0 Å². The first kappa shape index (κ1) is 16.7. The quantitative estimate of drug-likeness (QED) is 0.798. The second-order valence-electron chi connectivity index (χ2n) is 6.00. The zero-order valence-electron chi connectivity index (χ0n) is 14.2. The van der Waals surface area contributed by atoms with Gasteiger partial charge in [0.1, 0.15) is 18.1 Å². The van der Waals surface area contributed by atoms with Gasteiger partial charge in [-0.15, -0.1) is 0 Å². The fourth-order valence-corrected chi connectivity index (χ4v) is 2.80. The SMILES string of the molecule is COc1ccc(CCNc2cccc(OCC3CCCO3)c2)cc1. The van der Waals surface area contributed by atoms with Gasteiger partial charge in [0.15, 0.2) is 0 Å². The molecule has 3 rings (SSSR count). The molecule has 0 aliphatic carbocycles. The predicted molar refractivity (Wildman–Crippen MR) is 96.1 cm³/mol. The third-order valence-corrected chi connectivity index (χ3v) is 4.20. The van der Waals surface area contributed by atoms with E-state index in [-0.39, 0.29) is 6.10 Å². The number of rotatable bonds is 8. The van der Waals surface area contributed by atoms with Gasteiger partial charge in [-0.25, -0.2) is 0 Å². The summed E-state index contributed by atoms with van der Waals surface area (Å²) in [6, 6.07) is 16.3. The Labute approximate surface area is 143 Å². The Kier molecular flexibility index (Phi) is 5.96. The summed E-state index contributed by atoms with van der Waals surface area (Å²) >= 11 is 0. The molecule has 4 heteroatoms.